The van der Waals surface area contributed by atoms with Crippen molar-refractivity contribution in [1.82, 2.24) is 29.7 Å². The van der Waals surface area contributed by atoms with E-state index in [4.69, 9.17) is 5.10 Å². The van der Waals surface area contributed by atoms with Gasteiger partial charge in [-0.05, 0) is 43.2 Å². The summed E-state index contributed by atoms with van der Waals surface area (Å²) in [5, 5.41) is 17.1. The molecule has 11 nitrogen and oxygen atoms in total. The molecule has 0 fully saturated rings. The molecule has 11 heteroatoms. The van der Waals surface area contributed by atoms with Crippen molar-refractivity contribution in [2.75, 3.05) is 10.2 Å². The Kier molecular flexibility index (Phi) is 4.71. The Bertz CT molecular complexity index is 1900. The van der Waals surface area contributed by atoms with E-state index >= 15 is 0 Å². The Morgan fingerprint density at radius 2 is 1.97 bits per heavy atom. The Balaban J connectivity index is 1.45. The molecule has 1 atom stereocenters. The van der Waals surface area contributed by atoms with Crippen molar-refractivity contribution >= 4 is 34.5 Å². The monoisotopic (exact) mass is 515 g/mol. The van der Waals surface area contributed by atoms with Crippen LogP contribution in [-0.4, -0.2) is 41.5 Å². The molecule has 2 N–H and O–H groups in total. The van der Waals surface area contributed by atoms with Crippen LogP contribution in [0.4, 0.5) is 11.5 Å². The van der Waals surface area contributed by atoms with Crippen LogP contribution in [0.3, 0.4) is 0 Å². The van der Waals surface area contributed by atoms with Crippen LogP contribution in [0.2, 0.25) is 0 Å². The van der Waals surface area contributed by atoms with E-state index in [-0.39, 0.29) is 24.8 Å². The number of nitrogens with one attached hydrogen (secondary N) is 2. The second kappa shape index (κ2) is 8.06. The summed E-state index contributed by atoms with van der Waals surface area (Å²) in [7, 11) is 0. The number of nitriles is 1. The maximum absolute atomic E-state index is 14.6. The van der Waals surface area contributed by atoms with Crippen LogP contribution in [0.15, 0.2) is 55.1 Å². The quantitative estimate of drug-likeness (QED) is 0.375. The van der Waals surface area contributed by atoms with Gasteiger partial charge in [0.05, 0.1) is 30.2 Å². The largest absolute Gasteiger partial charge is 0.340 e. The third kappa shape index (κ3) is 3.15. The van der Waals surface area contributed by atoms with E-state index in [1.807, 2.05) is 38.1 Å². The zero-order valence-electron chi connectivity index (χ0n) is 21.1. The number of rotatable bonds is 3. The van der Waals surface area contributed by atoms with Gasteiger partial charge >= 0.3 is 0 Å². The summed E-state index contributed by atoms with van der Waals surface area (Å²) in [6.45, 7) is 4.06. The molecule has 39 heavy (non-hydrogen) atoms. The first-order valence-corrected chi connectivity index (χ1v) is 12.4. The van der Waals surface area contributed by atoms with Crippen molar-refractivity contribution in [2.24, 2.45) is 0 Å². The molecule has 1 spiro atoms. The SMILES string of the molecule is Cc1ccc2c(c1)[C@]1(CC(=O)Nc3c1c(C)nn3-c1ncnc3nc[nH]c13)C(=O)N2Cc1cccc(C#N)c1. The number of carbonyl (C=O) groups excluding carboxylic acids is 2. The fourth-order valence-electron chi connectivity index (χ4n) is 5.90. The van der Waals surface area contributed by atoms with Crippen LogP contribution in [0.5, 0.6) is 0 Å². The zero-order valence-corrected chi connectivity index (χ0v) is 21.1. The Morgan fingerprint density at radius 1 is 1.10 bits per heavy atom. The van der Waals surface area contributed by atoms with Crippen LogP contribution >= 0.6 is 0 Å². The van der Waals surface area contributed by atoms with E-state index in [1.165, 1.54) is 12.7 Å². The third-order valence-corrected chi connectivity index (χ3v) is 7.48. The zero-order chi connectivity index (χ0) is 26.9. The molecule has 0 aliphatic carbocycles. The Labute approximate surface area is 222 Å². The maximum Gasteiger partial charge on any atom is 0.243 e. The number of carbonyl (C=O) groups is 2. The lowest BCUT2D eigenvalue weighted by Crippen LogP contribution is -2.46. The minimum atomic E-state index is -1.27. The van der Waals surface area contributed by atoms with Crippen molar-refractivity contribution in [3.05, 3.63) is 88.6 Å². The molecule has 5 aromatic rings. The fourth-order valence-corrected chi connectivity index (χ4v) is 5.90. The van der Waals surface area contributed by atoms with Crippen molar-refractivity contribution in [2.45, 2.75) is 32.2 Å². The lowest BCUT2D eigenvalue weighted by atomic mass is 9.70. The first-order chi connectivity index (χ1) is 18.9. The molecule has 7 rings (SSSR count). The van der Waals surface area contributed by atoms with Gasteiger partial charge in [-0.2, -0.15) is 15.0 Å². The van der Waals surface area contributed by atoms with Gasteiger partial charge < -0.3 is 15.2 Å². The highest BCUT2D eigenvalue weighted by Crippen LogP contribution is 2.54. The van der Waals surface area contributed by atoms with E-state index < -0.39 is 5.41 Å². The molecule has 2 aliphatic rings. The molecule has 2 amide bonds. The predicted octanol–water partition coefficient (Wildman–Crippen LogP) is 3.20. The van der Waals surface area contributed by atoms with Crippen molar-refractivity contribution in [3.8, 4) is 11.9 Å². The fraction of sp³-hybridized carbons (Fsp3) is 0.179. The molecule has 2 aromatic carbocycles. The summed E-state index contributed by atoms with van der Waals surface area (Å²) in [5.74, 6) is 0.304. The first kappa shape index (κ1) is 22.8. The highest BCUT2D eigenvalue weighted by molar-refractivity contribution is 6.16. The summed E-state index contributed by atoms with van der Waals surface area (Å²) >= 11 is 0. The van der Waals surface area contributed by atoms with E-state index in [1.54, 1.807) is 27.8 Å². The first-order valence-electron chi connectivity index (χ1n) is 12.4. The van der Waals surface area contributed by atoms with Gasteiger partial charge in [-0.3, -0.25) is 9.59 Å². The van der Waals surface area contributed by atoms with Crippen LogP contribution < -0.4 is 10.2 Å². The van der Waals surface area contributed by atoms with Gasteiger partial charge in [-0.1, -0.05) is 29.8 Å². The summed E-state index contributed by atoms with van der Waals surface area (Å²) in [6.07, 6.45) is 2.85. The smallest absolute Gasteiger partial charge is 0.243 e. The van der Waals surface area contributed by atoms with Gasteiger partial charge in [-0.25, -0.2) is 15.0 Å². The van der Waals surface area contributed by atoms with Crippen LogP contribution in [-0.2, 0) is 21.5 Å². The second-order valence-electron chi connectivity index (χ2n) is 9.87. The minimum Gasteiger partial charge on any atom is -0.340 e. The molecule has 0 radical (unpaired) electrons. The topological polar surface area (TPSA) is 145 Å². The lowest BCUT2D eigenvalue weighted by molar-refractivity contribution is -0.126. The average Bonchev–Trinajstić information content (AvgIpc) is 3.60. The number of aryl methyl sites for hydroxylation is 2. The molecule has 3 aromatic heterocycles. The molecule has 0 bridgehead atoms. The van der Waals surface area contributed by atoms with Gasteiger partial charge in [0, 0.05) is 17.7 Å². The number of aromatic nitrogens is 6. The normalized spacial score (nSPS) is 17.8. The number of amides is 2. The number of fused-ring (bicyclic) bond motifs is 5. The molecule has 5 heterocycles. The number of nitrogens with zero attached hydrogens (tertiary/aromatic N) is 7. The average molecular weight is 516 g/mol. The van der Waals surface area contributed by atoms with Gasteiger partial charge in [-0.15, -0.1) is 0 Å². The molecule has 0 saturated carbocycles. The van der Waals surface area contributed by atoms with Crippen molar-refractivity contribution in [3.63, 3.8) is 0 Å². The molecule has 0 unspecified atom stereocenters. The van der Waals surface area contributed by atoms with E-state index in [9.17, 15) is 14.9 Å². The number of anilines is 2. The van der Waals surface area contributed by atoms with Crippen LogP contribution in [0.1, 0.15) is 39.9 Å². The number of imidazole rings is 1. The predicted molar refractivity (Wildman–Crippen MR) is 141 cm³/mol. The second-order valence-corrected chi connectivity index (χ2v) is 9.87. The van der Waals surface area contributed by atoms with Crippen LogP contribution in [0.25, 0.3) is 17.0 Å². The summed E-state index contributed by atoms with van der Waals surface area (Å²) in [4.78, 5) is 45.5. The maximum atomic E-state index is 14.6. The summed E-state index contributed by atoms with van der Waals surface area (Å²) in [5.41, 5.74) is 4.80. The number of aromatic amines is 1. The number of H-pyrrole nitrogens is 1. The highest BCUT2D eigenvalue weighted by atomic mass is 16.2. The Hall–Kier alpha value is -5.37. The standard InChI is InChI=1S/C28H21N9O2/c1-15-6-7-20-19(8-15)28(27(39)36(20)12-18-5-3-4-17(9-18)11-29)10-21(38)34-25-22(28)16(2)35-37(25)26-23-24(31-13-30-23)32-14-33-26/h3-9,13-14H,10,12H2,1-2H3,(H,34,38)(H,30,31,32,33)/t28-/m0/s1. The summed E-state index contributed by atoms with van der Waals surface area (Å²) in [6, 6.07) is 15.2. The number of benzene rings is 2. The van der Waals surface area contributed by atoms with E-state index in [2.05, 4.69) is 31.3 Å². The van der Waals surface area contributed by atoms with E-state index in [0.717, 1.165) is 22.4 Å². The minimum absolute atomic E-state index is 0.0558. The number of hydrogen-bond donors (Lipinski definition) is 2. The lowest BCUT2D eigenvalue weighted by Gasteiger charge is -2.33. The Morgan fingerprint density at radius 3 is 2.82 bits per heavy atom. The molecule has 2 aliphatic heterocycles. The van der Waals surface area contributed by atoms with Gasteiger partial charge in [0.25, 0.3) is 0 Å². The third-order valence-electron chi connectivity index (χ3n) is 7.48. The van der Waals surface area contributed by atoms with Crippen LogP contribution in [0, 0.1) is 25.2 Å². The van der Waals surface area contributed by atoms with Gasteiger partial charge in [0.15, 0.2) is 11.5 Å². The van der Waals surface area contributed by atoms with Crippen molar-refractivity contribution < 1.29 is 9.59 Å². The van der Waals surface area contributed by atoms with Gasteiger partial charge in [0.2, 0.25) is 11.8 Å². The van der Waals surface area contributed by atoms with Gasteiger partial charge in [0.1, 0.15) is 23.1 Å². The molecular formula is C28H21N9O2. The molecule has 190 valence electrons. The summed E-state index contributed by atoms with van der Waals surface area (Å²) < 4.78 is 1.55. The molecule has 0 saturated heterocycles. The number of hydrogen-bond acceptors (Lipinski definition) is 7. The van der Waals surface area contributed by atoms with E-state index in [0.29, 0.717) is 39.6 Å². The van der Waals surface area contributed by atoms with Crippen molar-refractivity contribution in [1.29, 1.82) is 5.26 Å². The highest BCUT2D eigenvalue weighted by Gasteiger charge is 2.58. The molecular weight excluding hydrogens is 494 g/mol.